The average Bonchev–Trinajstić information content (AvgIpc) is 2.92. The zero-order chi connectivity index (χ0) is 26.0. The highest BCUT2D eigenvalue weighted by Gasteiger charge is 2.33. The van der Waals surface area contributed by atoms with Crippen molar-refractivity contribution in [2.45, 2.75) is 25.1 Å². The molecule has 4 aromatic rings. The molecule has 0 atom stereocenters. The molecule has 37 heavy (non-hydrogen) atoms. The maximum absolute atomic E-state index is 12.8. The second-order valence-corrected chi connectivity index (χ2v) is 8.80. The summed E-state index contributed by atoms with van der Waals surface area (Å²) in [7, 11) is 0. The van der Waals surface area contributed by atoms with Crippen molar-refractivity contribution in [3.05, 3.63) is 90.0 Å². The molecule has 186 valence electrons. The first-order valence-corrected chi connectivity index (χ1v) is 11.7. The van der Waals surface area contributed by atoms with E-state index in [0.717, 1.165) is 40.2 Å². The molecule has 0 spiro atoms. The molecular weight excluding hydrogens is 481 g/mol. The fourth-order valence-electron chi connectivity index (χ4n) is 4.42. The molecule has 0 unspecified atom stereocenters. The number of piperidine rings is 1. The fraction of sp³-hybridized carbons (Fsp3) is 0.214. The smallest absolute Gasteiger partial charge is 0.433 e. The second kappa shape index (κ2) is 9.90. The Hall–Kier alpha value is -4.45. The third-order valence-electron chi connectivity index (χ3n) is 6.37. The van der Waals surface area contributed by atoms with Crippen LogP contribution in [0.1, 0.15) is 34.5 Å². The first-order chi connectivity index (χ1) is 17.8. The van der Waals surface area contributed by atoms with Crippen LogP contribution < -0.4 is 4.74 Å². The van der Waals surface area contributed by atoms with E-state index in [-0.39, 0.29) is 17.6 Å². The number of alkyl halides is 3. The van der Waals surface area contributed by atoms with E-state index in [1.807, 2.05) is 36.4 Å². The Labute approximate surface area is 211 Å². The number of carbonyl (C=O) groups is 1. The number of rotatable bonds is 4. The molecule has 3 heterocycles. The highest BCUT2D eigenvalue weighted by atomic mass is 19.4. The van der Waals surface area contributed by atoms with Crippen LogP contribution in [0.15, 0.2) is 73.2 Å². The van der Waals surface area contributed by atoms with Crippen LogP contribution in [0.4, 0.5) is 13.2 Å². The lowest BCUT2D eigenvalue weighted by atomic mass is 9.99. The summed E-state index contributed by atoms with van der Waals surface area (Å²) >= 11 is 0. The minimum absolute atomic E-state index is 0.122. The zero-order valence-electron chi connectivity index (χ0n) is 19.6. The lowest BCUT2D eigenvalue weighted by Crippen LogP contribution is -2.41. The molecule has 0 bridgehead atoms. The molecule has 5 rings (SSSR count). The summed E-state index contributed by atoms with van der Waals surface area (Å²) in [5.41, 5.74) is 1.47. The highest BCUT2D eigenvalue weighted by Crippen LogP contribution is 2.34. The van der Waals surface area contributed by atoms with Gasteiger partial charge in [-0.05, 0) is 59.0 Å². The number of amides is 1. The van der Waals surface area contributed by atoms with Crippen molar-refractivity contribution >= 4 is 16.7 Å². The van der Waals surface area contributed by atoms with Crippen molar-refractivity contribution < 1.29 is 22.7 Å². The Morgan fingerprint density at radius 1 is 1.03 bits per heavy atom. The lowest BCUT2D eigenvalue weighted by molar-refractivity contribution is -0.141. The average molecular weight is 502 g/mol. The molecule has 2 aromatic heterocycles. The van der Waals surface area contributed by atoms with Crippen LogP contribution in [0.25, 0.3) is 21.9 Å². The monoisotopic (exact) mass is 502 g/mol. The number of likely N-dealkylation sites (tertiary alicyclic amines) is 1. The maximum atomic E-state index is 12.8. The summed E-state index contributed by atoms with van der Waals surface area (Å²) in [6.07, 6.45) is 0.856. The Morgan fingerprint density at radius 3 is 2.54 bits per heavy atom. The molecule has 9 heteroatoms. The SMILES string of the molecule is N#Cc1cccc(-c2cc(OC3CCN(C(=O)c4ccc(C(F)(F)F)nc4)CC3)c3cnccc3c2)c1. The highest BCUT2D eigenvalue weighted by molar-refractivity contribution is 5.94. The Balaban J connectivity index is 1.31. The number of nitrogens with zero attached hydrogens (tertiary/aromatic N) is 4. The number of fused-ring (bicyclic) bond motifs is 1. The van der Waals surface area contributed by atoms with E-state index in [9.17, 15) is 23.2 Å². The number of nitriles is 1. The zero-order valence-corrected chi connectivity index (χ0v) is 19.6. The van der Waals surface area contributed by atoms with Gasteiger partial charge in [0.2, 0.25) is 0 Å². The van der Waals surface area contributed by atoms with Crippen LogP contribution >= 0.6 is 0 Å². The summed E-state index contributed by atoms with van der Waals surface area (Å²) < 4.78 is 44.7. The first kappa shape index (κ1) is 24.3. The van der Waals surface area contributed by atoms with Crippen LogP contribution in [0.3, 0.4) is 0 Å². The predicted molar refractivity (Wildman–Crippen MR) is 131 cm³/mol. The van der Waals surface area contributed by atoms with Gasteiger partial charge in [-0.1, -0.05) is 12.1 Å². The minimum Gasteiger partial charge on any atom is -0.490 e. The van der Waals surface area contributed by atoms with Crippen LogP contribution in [0.2, 0.25) is 0 Å². The third-order valence-corrected chi connectivity index (χ3v) is 6.37. The van der Waals surface area contributed by atoms with E-state index in [2.05, 4.69) is 16.0 Å². The molecule has 0 aliphatic carbocycles. The second-order valence-electron chi connectivity index (χ2n) is 8.80. The quantitative estimate of drug-likeness (QED) is 0.349. The van der Waals surface area contributed by atoms with Gasteiger partial charge < -0.3 is 9.64 Å². The van der Waals surface area contributed by atoms with Crippen molar-refractivity contribution in [3.63, 3.8) is 0 Å². The number of hydrogen-bond acceptors (Lipinski definition) is 5. The molecule has 6 nitrogen and oxygen atoms in total. The molecule has 1 aliphatic rings. The summed E-state index contributed by atoms with van der Waals surface area (Å²) in [6.45, 7) is 0.815. The lowest BCUT2D eigenvalue weighted by Gasteiger charge is -2.32. The van der Waals surface area contributed by atoms with Crippen molar-refractivity contribution in [1.82, 2.24) is 14.9 Å². The number of pyridine rings is 2. The van der Waals surface area contributed by atoms with Gasteiger partial charge in [-0.25, -0.2) is 0 Å². The van der Waals surface area contributed by atoms with Gasteiger partial charge in [-0.15, -0.1) is 0 Å². The molecule has 1 saturated heterocycles. The fourth-order valence-corrected chi connectivity index (χ4v) is 4.42. The molecule has 2 aromatic carbocycles. The van der Waals surface area contributed by atoms with Gasteiger partial charge >= 0.3 is 6.18 Å². The molecule has 0 saturated carbocycles. The number of hydrogen-bond donors (Lipinski definition) is 0. The topological polar surface area (TPSA) is 79.1 Å². The number of benzene rings is 2. The van der Waals surface area contributed by atoms with Gasteiger partial charge in [-0.3, -0.25) is 14.8 Å². The summed E-state index contributed by atoms with van der Waals surface area (Å²) in [4.78, 5) is 22.0. The van der Waals surface area contributed by atoms with E-state index in [1.54, 1.807) is 23.4 Å². The molecule has 1 amide bonds. The minimum atomic E-state index is -4.55. The predicted octanol–water partition coefficient (Wildman–Crippen LogP) is 5.87. The summed E-state index contributed by atoms with van der Waals surface area (Å²) in [6, 6.07) is 17.4. The van der Waals surface area contributed by atoms with Crippen LogP contribution in [0, 0.1) is 11.3 Å². The van der Waals surface area contributed by atoms with Crippen molar-refractivity contribution in [2.24, 2.45) is 0 Å². The van der Waals surface area contributed by atoms with Gasteiger partial charge in [0.25, 0.3) is 5.91 Å². The molecule has 1 aliphatic heterocycles. The van der Waals surface area contributed by atoms with Gasteiger partial charge in [0.1, 0.15) is 17.5 Å². The van der Waals surface area contributed by atoms with Crippen LogP contribution in [-0.4, -0.2) is 40.0 Å². The van der Waals surface area contributed by atoms with Crippen molar-refractivity contribution in [3.8, 4) is 22.9 Å². The number of ether oxygens (including phenoxy) is 1. The largest absolute Gasteiger partial charge is 0.490 e. The third kappa shape index (κ3) is 5.23. The normalized spacial score (nSPS) is 14.4. The van der Waals surface area contributed by atoms with E-state index >= 15 is 0 Å². The van der Waals surface area contributed by atoms with Gasteiger partial charge in [0, 0.05) is 49.9 Å². The van der Waals surface area contributed by atoms with E-state index in [4.69, 9.17) is 4.74 Å². The summed E-state index contributed by atoms with van der Waals surface area (Å²) in [5, 5.41) is 11.1. The Morgan fingerprint density at radius 2 is 1.84 bits per heavy atom. The molecular formula is C28H21F3N4O2. The van der Waals surface area contributed by atoms with E-state index < -0.39 is 11.9 Å². The first-order valence-electron chi connectivity index (χ1n) is 11.7. The molecule has 0 radical (unpaired) electrons. The number of aromatic nitrogens is 2. The van der Waals surface area contributed by atoms with Crippen molar-refractivity contribution in [2.75, 3.05) is 13.1 Å². The van der Waals surface area contributed by atoms with Gasteiger partial charge in [0.05, 0.1) is 17.2 Å². The Bertz CT molecular complexity index is 1490. The van der Waals surface area contributed by atoms with Crippen LogP contribution in [0.5, 0.6) is 5.75 Å². The van der Waals surface area contributed by atoms with Gasteiger partial charge in [-0.2, -0.15) is 18.4 Å². The number of halogens is 3. The maximum Gasteiger partial charge on any atom is 0.433 e. The number of carbonyl (C=O) groups excluding carboxylic acids is 1. The molecule has 0 N–H and O–H groups in total. The Kier molecular flexibility index (Phi) is 6.49. The standard InChI is InChI=1S/C28H21F3N4O2/c29-28(30,31)26-5-4-21(16-34-26)27(36)35-10-7-23(8-11-35)37-25-14-22(13-20-6-9-33-17-24(20)25)19-3-1-2-18(12-19)15-32/h1-6,9,12-14,16-17,23H,7-8,10-11H2. The van der Waals surface area contributed by atoms with Crippen LogP contribution in [-0.2, 0) is 6.18 Å². The van der Waals surface area contributed by atoms with Gasteiger partial charge in [0.15, 0.2) is 0 Å². The van der Waals surface area contributed by atoms with E-state index in [0.29, 0.717) is 37.2 Å². The van der Waals surface area contributed by atoms with Crippen molar-refractivity contribution in [1.29, 1.82) is 5.26 Å². The molecule has 1 fully saturated rings. The summed E-state index contributed by atoms with van der Waals surface area (Å²) in [5.74, 6) is 0.313. The van der Waals surface area contributed by atoms with E-state index in [1.165, 1.54) is 0 Å².